The summed E-state index contributed by atoms with van der Waals surface area (Å²) in [4.78, 5) is 18.9. The summed E-state index contributed by atoms with van der Waals surface area (Å²) in [5, 5.41) is 0.0922. The molecule has 2 rings (SSSR count). The van der Waals surface area contributed by atoms with Gasteiger partial charge >= 0.3 is 5.97 Å². The quantitative estimate of drug-likeness (QED) is 0.775. The molecule has 0 unspecified atom stereocenters. The van der Waals surface area contributed by atoms with Gasteiger partial charge in [0, 0.05) is 12.8 Å². The third-order valence-corrected chi connectivity index (χ3v) is 2.40. The van der Waals surface area contributed by atoms with Gasteiger partial charge in [0.2, 0.25) is 5.88 Å². The Kier molecular flexibility index (Phi) is 2.48. The predicted octanol–water partition coefficient (Wildman–Crippen LogP) is 1.51. The lowest BCUT2D eigenvalue weighted by Gasteiger charge is -2.06. The lowest BCUT2D eigenvalue weighted by Crippen LogP contribution is -2.08. The molecule has 5 nitrogen and oxygen atoms in total. The summed E-state index contributed by atoms with van der Waals surface area (Å²) in [5.74, 6) is 0.673. The number of anilines is 1. The summed E-state index contributed by atoms with van der Waals surface area (Å²) in [6, 6.07) is 0. The second-order valence-corrected chi connectivity index (χ2v) is 3.83. The van der Waals surface area contributed by atoms with E-state index in [-0.39, 0.29) is 16.7 Å². The Balaban J connectivity index is 2.37. The number of nitrogen functional groups attached to an aromatic ring is 1. The molecule has 2 N–H and O–H groups in total. The monoisotopic (exact) mass is 227 g/mol. The van der Waals surface area contributed by atoms with Crippen molar-refractivity contribution in [3.63, 3.8) is 0 Å². The second kappa shape index (κ2) is 3.66. The second-order valence-electron chi connectivity index (χ2n) is 3.45. The van der Waals surface area contributed by atoms with E-state index < -0.39 is 5.97 Å². The molecule has 0 amide bonds. The molecule has 1 aliphatic rings. The fourth-order valence-corrected chi connectivity index (χ4v) is 1.31. The molecule has 0 spiro atoms. The highest BCUT2D eigenvalue weighted by Crippen LogP contribution is 2.40. The topological polar surface area (TPSA) is 78.1 Å². The van der Waals surface area contributed by atoms with Gasteiger partial charge in [-0.05, 0) is 12.8 Å². The lowest BCUT2D eigenvalue weighted by molar-refractivity contribution is -0.132. The smallest absolute Gasteiger partial charge is 0.309 e. The van der Waals surface area contributed by atoms with Crippen molar-refractivity contribution >= 4 is 23.4 Å². The van der Waals surface area contributed by atoms with Gasteiger partial charge in [-0.25, -0.2) is 4.98 Å². The normalized spacial score (nSPS) is 15.1. The van der Waals surface area contributed by atoms with Gasteiger partial charge < -0.3 is 10.5 Å². The van der Waals surface area contributed by atoms with Crippen molar-refractivity contribution in [2.24, 2.45) is 0 Å². The van der Waals surface area contributed by atoms with Crippen LogP contribution in [-0.2, 0) is 4.79 Å². The maximum absolute atomic E-state index is 10.8. The molecule has 1 saturated carbocycles. The van der Waals surface area contributed by atoms with E-state index >= 15 is 0 Å². The molecule has 1 heterocycles. The van der Waals surface area contributed by atoms with Gasteiger partial charge in [-0.15, -0.1) is 0 Å². The van der Waals surface area contributed by atoms with E-state index in [1.54, 1.807) is 0 Å². The zero-order chi connectivity index (χ0) is 11.0. The minimum atomic E-state index is -0.475. The van der Waals surface area contributed by atoms with E-state index in [9.17, 15) is 4.79 Å². The molecule has 1 fully saturated rings. The maximum Gasteiger partial charge on any atom is 0.309 e. The number of ether oxygens (including phenoxy) is 1. The number of aromatic nitrogens is 2. The summed E-state index contributed by atoms with van der Waals surface area (Å²) in [5.41, 5.74) is 5.59. The van der Waals surface area contributed by atoms with E-state index in [0.717, 1.165) is 12.8 Å². The number of halogens is 1. The fourth-order valence-electron chi connectivity index (χ4n) is 1.19. The van der Waals surface area contributed by atoms with Gasteiger partial charge in [-0.2, -0.15) is 4.98 Å². The van der Waals surface area contributed by atoms with Crippen molar-refractivity contribution in [3.05, 3.63) is 10.8 Å². The van der Waals surface area contributed by atoms with Crippen LogP contribution in [0, 0.1) is 0 Å². The van der Waals surface area contributed by atoms with E-state index in [4.69, 9.17) is 22.1 Å². The van der Waals surface area contributed by atoms with Crippen LogP contribution in [0.5, 0.6) is 5.88 Å². The van der Waals surface area contributed by atoms with Gasteiger partial charge in [0.25, 0.3) is 0 Å². The largest absolute Gasteiger partial charge is 0.406 e. The van der Waals surface area contributed by atoms with E-state index in [1.807, 2.05) is 0 Å². The molecule has 0 aliphatic heterocycles. The molecule has 1 aromatic rings. The molecule has 15 heavy (non-hydrogen) atoms. The third kappa shape index (κ3) is 2.18. The Morgan fingerprint density at radius 2 is 2.20 bits per heavy atom. The molecule has 6 heteroatoms. The molecular formula is C9H10ClN3O2. The summed E-state index contributed by atoms with van der Waals surface area (Å²) >= 11 is 5.81. The van der Waals surface area contributed by atoms with Gasteiger partial charge in [0.15, 0.2) is 0 Å². The zero-order valence-corrected chi connectivity index (χ0v) is 8.91. The summed E-state index contributed by atoms with van der Waals surface area (Å²) in [6.45, 7) is 1.28. The first-order valence-electron chi connectivity index (χ1n) is 4.59. The third-order valence-electron chi connectivity index (χ3n) is 2.05. The summed E-state index contributed by atoms with van der Waals surface area (Å²) < 4.78 is 4.84. The van der Waals surface area contributed by atoms with Crippen molar-refractivity contribution < 1.29 is 9.53 Å². The Labute approximate surface area is 91.6 Å². The maximum atomic E-state index is 10.8. The molecule has 1 aliphatic carbocycles. The fraction of sp³-hybridized carbons (Fsp3) is 0.444. The minimum Gasteiger partial charge on any atom is -0.406 e. The van der Waals surface area contributed by atoms with Crippen molar-refractivity contribution in [2.75, 3.05) is 5.73 Å². The molecule has 1 aromatic heterocycles. The van der Waals surface area contributed by atoms with E-state index in [0.29, 0.717) is 11.7 Å². The molecular weight excluding hydrogens is 218 g/mol. The molecule has 0 bridgehead atoms. The SMILES string of the molecule is CC(=O)Oc1nc(C2CC2)nc(N)c1Cl. The number of carbonyl (C=O) groups excluding carboxylic acids is 1. The first-order chi connectivity index (χ1) is 7.08. The molecule has 80 valence electrons. The van der Waals surface area contributed by atoms with Crippen molar-refractivity contribution in [2.45, 2.75) is 25.7 Å². The number of rotatable bonds is 2. The van der Waals surface area contributed by atoms with Crippen LogP contribution < -0.4 is 10.5 Å². The van der Waals surface area contributed by atoms with Crippen LogP contribution in [0.2, 0.25) is 5.02 Å². The lowest BCUT2D eigenvalue weighted by atomic mass is 10.4. The average molecular weight is 228 g/mol. The van der Waals surface area contributed by atoms with Crippen molar-refractivity contribution in [1.29, 1.82) is 0 Å². The Morgan fingerprint density at radius 3 is 2.73 bits per heavy atom. The van der Waals surface area contributed by atoms with Crippen molar-refractivity contribution in [1.82, 2.24) is 9.97 Å². The van der Waals surface area contributed by atoms with Crippen LogP contribution in [0.15, 0.2) is 0 Å². The first kappa shape index (κ1) is 10.2. The standard InChI is InChI=1S/C9H10ClN3O2/c1-4(14)15-9-6(10)7(11)12-8(13-9)5-2-3-5/h5H,2-3H2,1H3,(H2,11,12,13). The van der Waals surface area contributed by atoms with Crippen molar-refractivity contribution in [3.8, 4) is 5.88 Å². The number of hydrogen-bond acceptors (Lipinski definition) is 5. The first-order valence-corrected chi connectivity index (χ1v) is 4.97. The highest BCUT2D eigenvalue weighted by atomic mass is 35.5. The highest BCUT2D eigenvalue weighted by Gasteiger charge is 2.28. The van der Waals surface area contributed by atoms with Crippen LogP contribution >= 0.6 is 11.6 Å². The molecule has 0 atom stereocenters. The van der Waals surface area contributed by atoms with Crippen LogP contribution in [-0.4, -0.2) is 15.9 Å². The summed E-state index contributed by atoms with van der Waals surface area (Å²) in [7, 11) is 0. The van der Waals surface area contributed by atoms with E-state index in [2.05, 4.69) is 9.97 Å². The number of nitrogens with zero attached hydrogens (tertiary/aromatic N) is 2. The molecule has 0 aromatic carbocycles. The number of esters is 1. The average Bonchev–Trinajstić information content (AvgIpc) is 2.94. The molecule has 0 radical (unpaired) electrons. The number of nitrogens with two attached hydrogens (primary N) is 1. The van der Waals surface area contributed by atoms with E-state index in [1.165, 1.54) is 6.92 Å². The number of carbonyl (C=O) groups is 1. The summed E-state index contributed by atoms with van der Waals surface area (Å²) in [6.07, 6.45) is 2.08. The Morgan fingerprint density at radius 1 is 1.53 bits per heavy atom. The Hall–Kier alpha value is -1.36. The highest BCUT2D eigenvalue weighted by molar-refractivity contribution is 6.34. The van der Waals surface area contributed by atoms with Crippen LogP contribution in [0.1, 0.15) is 31.5 Å². The van der Waals surface area contributed by atoms with Gasteiger partial charge in [-0.3, -0.25) is 4.79 Å². The Bertz CT molecular complexity index is 418. The zero-order valence-electron chi connectivity index (χ0n) is 8.16. The van der Waals surface area contributed by atoms with Crippen LogP contribution in [0.25, 0.3) is 0 Å². The minimum absolute atomic E-state index is 0.0542. The van der Waals surface area contributed by atoms with Crippen LogP contribution in [0.3, 0.4) is 0 Å². The number of hydrogen-bond donors (Lipinski definition) is 1. The van der Waals surface area contributed by atoms with Crippen LogP contribution in [0.4, 0.5) is 5.82 Å². The van der Waals surface area contributed by atoms with Gasteiger partial charge in [0.1, 0.15) is 16.7 Å². The van der Waals surface area contributed by atoms with Gasteiger partial charge in [0.05, 0.1) is 0 Å². The predicted molar refractivity (Wildman–Crippen MR) is 54.7 cm³/mol. The van der Waals surface area contributed by atoms with Gasteiger partial charge in [-0.1, -0.05) is 11.6 Å². The molecule has 0 saturated heterocycles.